The van der Waals surface area contributed by atoms with Gasteiger partial charge in [-0.15, -0.1) is 0 Å². The SMILES string of the molecule is CCCOc1cc(Cl)c(CNCCCN(CC)CC)cc1OCC. The minimum atomic E-state index is 0.612. The van der Waals surface area contributed by atoms with Crippen LogP contribution in [-0.4, -0.2) is 44.3 Å². The monoisotopic (exact) mass is 356 g/mol. The topological polar surface area (TPSA) is 33.7 Å². The van der Waals surface area contributed by atoms with Gasteiger partial charge in [-0.2, -0.15) is 0 Å². The zero-order valence-corrected chi connectivity index (χ0v) is 16.4. The van der Waals surface area contributed by atoms with Crippen molar-refractivity contribution < 1.29 is 9.47 Å². The number of halogens is 1. The molecule has 1 rings (SSSR count). The van der Waals surface area contributed by atoms with E-state index in [1.54, 1.807) is 0 Å². The minimum absolute atomic E-state index is 0.612. The molecule has 0 fully saturated rings. The maximum absolute atomic E-state index is 6.40. The molecule has 0 unspecified atom stereocenters. The first-order valence-electron chi connectivity index (χ1n) is 9.17. The van der Waals surface area contributed by atoms with Gasteiger partial charge in [0.2, 0.25) is 0 Å². The fourth-order valence-corrected chi connectivity index (χ4v) is 2.72. The van der Waals surface area contributed by atoms with Crippen LogP contribution in [0.3, 0.4) is 0 Å². The molecule has 0 bridgehead atoms. The molecule has 0 aromatic heterocycles. The molecule has 138 valence electrons. The summed E-state index contributed by atoms with van der Waals surface area (Å²) in [5.41, 5.74) is 1.05. The number of ether oxygens (including phenoxy) is 2. The van der Waals surface area contributed by atoms with Gasteiger partial charge >= 0.3 is 0 Å². The van der Waals surface area contributed by atoms with Crippen LogP contribution < -0.4 is 14.8 Å². The zero-order valence-electron chi connectivity index (χ0n) is 15.7. The normalized spacial score (nSPS) is 11.1. The molecule has 24 heavy (non-hydrogen) atoms. The number of rotatable bonds is 13. The molecule has 1 aromatic carbocycles. The Bertz CT molecular complexity index is 465. The second kappa shape index (κ2) is 12.4. The quantitative estimate of drug-likeness (QED) is 0.533. The molecule has 5 heteroatoms. The lowest BCUT2D eigenvalue weighted by molar-refractivity contribution is 0.276. The second-order valence-corrected chi connectivity index (χ2v) is 6.14. The van der Waals surface area contributed by atoms with Gasteiger partial charge in [-0.3, -0.25) is 0 Å². The Morgan fingerprint density at radius 2 is 1.75 bits per heavy atom. The molecule has 1 aromatic rings. The van der Waals surface area contributed by atoms with Gasteiger partial charge in [0.15, 0.2) is 11.5 Å². The van der Waals surface area contributed by atoms with Crippen LogP contribution in [0.15, 0.2) is 12.1 Å². The van der Waals surface area contributed by atoms with Crippen LogP contribution in [0.2, 0.25) is 5.02 Å². The fraction of sp³-hybridized carbons (Fsp3) is 0.684. The molecule has 0 heterocycles. The molecule has 0 radical (unpaired) electrons. The molecule has 0 aliphatic rings. The van der Waals surface area contributed by atoms with E-state index >= 15 is 0 Å². The van der Waals surface area contributed by atoms with E-state index in [1.807, 2.05) is 19.1 Å². The number of nitrogens with zero attached hydrogens (tertiary/aromatic N) is 1. The first kappa shape index (κ1) is 21.1. The highest BCUT2D eigenvalue weighted by molar-refractivity contribution is 6.31. The van der Waals surface area contributed by atoms with Crippen LogP contribution in [0.4, 0.5) is 0 Å². The van der Waals surface area contributed by atoms with E-state index in [0.29, 0.717) is 13.2 Å². The van der Waals surface area contributed by atoms with Crippen molar-refractivity contribution in [3.63, 3.8) is 0 Å². The van der Waals surface area contributed by atoms with E-state index in [2.05, 4.69) is 31.0 Å². The van der Waals surface area contributed by atoms with E-state index in [9.17, 15) is 0 Å². The Hall–Kier alpha value is -0.970. The number of nitrogens with one attached hydrogen (secondary N) is 1. The van der Waals surface area contributed by atoms with Gasteiger partial charge in [-0.25, -0.2) is 0 Å². The van der Waals surface area contributed by atoms with Crippen LogP contribution in [0.5, 0.6) is 11.5 Å². The molecular formula is C19H33ClN2O2. The molecule has 0 aliphatic carbocycles. The molecule has 0 atom stereocenters. The average molecular weight is 357 g/mol. The van der Waals surface area contributed by atoms with Crippen molar-refractivity contribution in [1.82, 2.24) is 10.2 Å². The minimum Gasteiger partial charge on any atom is -0.490 e. The van der Waals surface area contributed by atoms with E-state index < -0.39 is 0 Å². The van der Waals surface area contributed by atoms with Gasteiger partial charge in [0.1, 0.15) is 0 Å². The van der Waals surface area contributed by atoms with E-state index in [0.717, 1.165) is 67.7 Å². The Morgan fingerprint density at radius 1 is 1.04 bits per heavy atom. The van der Waals surface area contributed by atoms with Gasteiger partial charge in [0, 0.05) is 17.6 Å². The molecule has 0 aliphatic heterocycles. The van der Waals surface area contributed by atoms with Crippen molar-refractivity contribution in [2.75, 3.05) is 39.4 Å². The number of hydrogen-bond acceptors (Lipinski definition) is 4. The van der Waals surface area contributed by atoms with Crippen molar-refractivity contribution in [3.05, 3.63) is 22.7 Å². The third kappa shape index (κ3) is 7.29. The molecule has 0 saturated carbocycles. The first-order chi connectivity index (χ1) is 11.7. The van der Waals surface area contributed by atoms with E-state index in [1.165, 1.54) is 0 Å². The maximum Gasteiger partial charge on any atom is 0.162 e. The lowest BCUT2D eigenvalue weighted by Crippen LogP contribution is -2.27. The Kier molecular flexibility index (Phi) is 10.9. The van der Waals surface area contributed by atoms with Gasteiger partial charge in [0.25, 0.3) is 0 Å². The summed E-state index contributed by atoms with van der Waals surface area (Å²) in [6, 6.07) is 3.86. The van der Waals surface area contributed by atoms with Crippen LogP contribution in [0, 0.1) is 0 Å². The second-order valence-electron chi connectivity index (χ2n) is 5.73. The standard InChI is InChI=1S/C19H33ClN2O2/c1-5-12-24-19-14-17(20)16(13-18(19)23-8-4)15-21-10-9-11-22(6-2)7-3/h13-14,21H,5-12,15H2,1-4H3. The third-order valence-corrected chi connectivity index (χ3v) is 4.26. The predicted octanol–water partition coefficient (Wildman–Crippen LogP) is 4.35. The molecule has 0 saturated heterocycles. The summed E-state index contributed by atoms with van der Waals surface area (Å²) >= 11 is 6.40. The number of benzene rings is 1. The van der Waals surface area contributed by atoms with E-state index in [-0.39, 0.29) is 0 Å². The highest BCUT2D eigenvalue weighted by Crippen LogP contribution is 2.33. The summed E-state index contributed by atoms with van der Waals surface area (Å²) in [7, 11) is 0. The zero-order chi connectivity index (χ0) is 17.8. The summed E-state index contributed by atoms with van der Waals surface area (Å²) < 4.78 is 11.4. The molecule has 0 spiro atoms. The lowest BCUT2D eigenvalue weighted by Gasteiger charge is -2.18. The van der Waals surface area contributed by atoms with Crippen molar-refractivity contribution in [1.29, 1.82) is 0 Å². The van der Waals surface area contributed by atoms with Crippen LogP contribution >= 0.6 is 11.6 Å². The summed E-state index contributed by atoms with van der Waals surface area (Å²) in [5, 5.41) is 4.19. The van der Waals surface area contributed by atoms with Crippen molar-refractivity contribution in [2.45, 2.75) is 47.1 Å². The summed E-state index contributed by atoms with van der Waals surface area (Å²) in [4.78, 5) is 2.43. The van der Waals surface area contributed by atoms with Crippen molar-refractivity contribution in [2.24, 2.45) is 0 Å². The fourth-order valence-electron chi connectivity index (χ4n) is 2.50. The maximum atomic E-state index is 6.40. The molecule has 4 nitrogen and oxygen atoms in total. The van der Waals surface area contributed by atoms with Crippen molar-refractivity contribution >= 4 is 11.6 Å². The lowest BCUT2D eigenvalue weighted by atomic mass is 10.2. The largest absolute Gasteiger partial charge is 0.490 e. The smallest absolute Gasteiger partial charge is 0.162 e. The molecule has 0 amide bonds. The predicted molar refractivity (Wildman–Crippen MR) is 103 cm³/mol. The van der Waals surface area contributed by atoms with Crippen LogP contribution in [0.25, 0.3) is 0 Å². The molecule has 1 N–H and O–H groups in total. The van der Waals surface area contributed by atoms with E-state index in [4.69, 9.17) is 21.1 Å². The molecular weight excluding hydrogens is 324 g/mol. The van der Waals surface area contributed by atoms with Gasteiger partial charge in [-0.05, 0) is 57.6 Å². The summed E-state index contributed by atoms with van der Waals surface area (Å²) in [6.45, 7) is 14.8. The highest BCUT2D eigenvalue weighted by Gasteiger charge is 2.11. The third-order valence-electron chi connectivity index (χ3n) is 3.91. The summed E-state index contributed by atoms with van der Waals surface area (Å²) in [5.74, 6) is 1.50. The number of hydrogen-bond donors (Lipinski definition) is 1. The van der Waals surface area contributed by atoms with Crippen molar-refractivity contribution in [3.8, 4) is 11.5 Å². The van der Waals surface area contributed by atoms with Gasteiger partial charge in [0.05, 0.1) is 13.2 Å². The Morgan fingerprint density at radius 3 is 2.38 bits per heavy atom. The van der Waals surface area contributed by atoms with Gasteiger partial charge in [-0.1, -0.05) is 32.4 Å². The first-order valence-corrected chi connectivity index (χ1v) is 9.55. The van der Waals surface area contributed by atoms with Crippen LogP contribution in [-0.2, 0) is 6.54 Å². The Balaban J connectivity index is 2.56. The summed E-state index contributed by atoms with van der Waals surface area (Å²) in [6.07, 6.45) is 2.09. The Labute approximate surface area is 152 Å². The highest BCUT2D eigenvalue weighted by atomic mass is 35.5. The van der Waals surface area contributed by atoms with Crippen LogP contribution in [0.1, 0.15) is 46.1 Å². The van der Waals surface area contributed by atoms with Gasteiger partial charge < -0.3 is 19.7 Å². The average Bonchev–Trinajstić information content (AvgIpc) is 2.59.